The zero-order valence-corrected chi connectivity index (χ0v) is 9.94. The van der Waals surface area contributed by atoms with Crippen LogP contribution in [0.15, 0.2) is 0 Å². The van der Waals surface area contributed by atoms with Crippen LogP contribution in [0.1, 0.15) is 54.9 Å². The lowest BCUT2D eigenvalue weighted by Gasteiger charge is -2.33. The van der Waals surface area contributed by atoms with Crippen molar-refractivity contribution in [2.24, 2.45) is 23.2 Å². The van der Waals surface area contributed by atoms with Crippen LogP contribution < -0.4 is 0 Å². The molecule has 0 nitrogen and oxygen atoms in total. The van der Waals surface area contributed by atoms with Crippen LogP contribution in [0.4, 0.5) is 0 Å². The van der Waals surface area contributed by atoms with Gasteiger partial charge < -0.3 is 0 Å². The maximum absolute atomic E-state index is 2.39. The fourth-order valence-electron chi connectivity index (χ4n) is 1.30. The van der Waals surface area contributed by atoms with Crippen molar-refractivity contribution in [3.63, 3.8) is 0 Å². The topological polar surface area (TPSA) is 0 Å². The highest BCUT2D eigenvalue weighted by Crippen LogP contribution is 2.35. The summed E-state index contributed by atoms with van der Waals surface area (Å²) in [4.78, 5) is 0. The molecule has 1 unspecified atom stereocenters. The van der Waals surface area contributed by atoms with Crippen molar-refractivity contribution in [1.29, 1.82) is 0 Å². The molecule has 0 heteroatoms. The van der Waals surface area contributed by atoms with Gasteiger partial charge in [-0.1, -0.05) is 48.5 Å². The van der Waals surface area contributed by atoms with Gasteiger partial charge in [-0.3, -0.25) is 0 Å². The van der Waals surface area contributed by atoms with Crippen molar-refractivity contribution in [3.05, 3.63) is 0 Å². The lowest BCUT2D eigenvalue weighted by atomic mass is 9.72. The predicted octanol–water partition coefficient (Wildman–Crippen LogP) is 4.35. The van der Waals surface area contributed by atoms with Crippen molar-refractivity contribution in [2.45, 2.75) is 54.9 Å². The van der Waals surface area contributed by atoms with Gasteiger partial charge in [0.1, 0.15) is 0 Å². The van der Waals surface area contributed by atoms with Gasteiger partial charge in [0.25, 0.3) is 0 Å². The Labute approximate surface area is 78.8 Å². The highest BCUT2D eigenvalue weighted by atomic mass is 14.3. The van der Waals surface area contributed by atoms with E-state index in [-0.39, 0.29) is 0 Å². The highest BCUT2D eigenvalue weighted by molar-refractivity contribution is 4.75. The zero-order valence-electron chi connectivity index (χ0n) is 9.94. The zero-order chi connectivity index (χ0) is 9.94. The minimum Gasteiger partial charge on any atom is -0.0625 e. The Bertz CT molecular complexity index is 120. The first kappa shape index (κ1) is 12.0. The molecule has 12 heavy (non-hydrogen) atoms. The quantitative estimate of drug-likeness (QED) is 0.588. The van der Waals surface area contributed by atoms with Gasteiger partial charge >= 0.3 is 0 Å². The van der Waals surface area contributed by atoms with Crippen LogP contribution in [0.3, 0.4) is 0 Å². The third kappa shape index (κ3) is 3.60. The van der Waals surface area contributed by atoms with Crippen LogP contribution in [0.5, 0.6) is 0 Å². The van der Waals surface area contributed by atoms with Crippen molar-refractivity contribution < 1.29 is 0 Å². The average molecular weight is 170 g/mol. The molecule has 0 aliphatic heterocycles. The lowest BCUT2D eigenvalue weighted by molar-refractivity contribution is 0.172. The predicted molar refractivity (Wildman–Crippen MR) is 57.2 cm³/mol. The molecule has 1 atom stereocenters. The Morgan fingerprint density at radius 1 is 0.917 bits per heavy atom. The summed E-state index contributed by atoms with van der Waals surface area (Å²) >= 11 is 0. The first-order valence-corrected chi connectivity index (χ1v) is 5.27. The molecule has 0 aromatic heterocycles. The molecule has 0 rings (SSSR count). The molecule has 0 saturated heterocycles. The van der Waals surface area contributed by atoms with Gasteiger partial charge in [-0.15, -0.1) is 0 Å². The van der Waals surface area contributed by atoms with Crippen molar-refractivity contribution in [2.75, 3.05) is 0 Å². The maximum atomic E-state index is 2.39. The Morgan fingerprint density at radius 3 is 1.58 bits per heavy atom. The Hall–Kier alpha value is 0. The molecule has 0 saturated carbocycles. The summed E-state index contributed by atoms with van der Waals surface area (Å²) in [6, 6.07) is 0. The monoisotopic (exact) mass is 170 g/mol. The van der Waals surface area contributed by atoms with E-state index in [1.165, 1.54) is 6.42 Å². The molecule has 0 fully saturated rings. The van der Waals surface area contributed by atoms with E-state index in [0.717, 1.165) is 17.8 Å². The summed E-state index contributed by atoms with van der Waals surface area (Å²) in [6.45, 7) is 16.4. The summed E-state index contributed by atoms with van der Waals surface area (Å²) in [5.41, 5.74) is 0.504. The van der Waals surface area contributed by atoms with E-state index in [2.05, 4.69) is 48.5 Å². The van der Waals surface area contributed by atoms with E-state index in [9.17, 15) is 0 Å². The fourth-order valence-corrected chi connectivity index (χ4v) is 1.30. The van der Waals surface area contributed by atoms with Crippen LogP contribution in [-0.2, 0) is 0 Å². The van der Waals surface area contributed by atoms with Gasteiger partial charge in [-0.2, -0.15) is 0 Å². The molecule has 0 bridgehead atoms. The van der Waals surface area contributed by atoms with Gasteiger partial charge in [0.2, 0.25) is 0 Å². The number of hydrogen-bond acceptors (Lipinski definition) is 0. The fraction of sp³-hybridized carbons (Fsp3) is 1.00. The molecular formula is C12H26. The van der Waals surface area contributed by atoms with E-state index >= 15 is 0 Å². The summed E-state index contributed by atoms with van der Waals surface area (Å²) in [6.07, 6.45) is 1.35. The van der Waals surface area contributed by atoms with Gasteiger partial charge in [0.15, 0.2) is 0 Å². The van der Waals surface area contributed by atoms with Crippen molar-refractivity contribution in [3.8, 4) is 0 Å². The molecule has 74 valence electrons. The van der Waals surface area contributed by atoms with Gasteiger partial charge in [-0.05, 0) is 29.6 Å². The van der Waals surface area contributed by atoms with Crippen molar-refractivity contribution >= 4 is 0 Å². The third-order valence-electron chi connectivity index (χ3n) is 3.55. The molecular weight excluding hydrogens is 144 g/mol. The van der Waals surface area contributed by atoms with Crippen LogP contribution >= 0.6 is 0 Å². The Morgan fingerprint density at radius 2 is 1.33 bits per heavy atom. The van der Waals surface area contributed by atoms with Crippen LogP contribution in [-0.4, -0.2) is 0 Å². The summed E-state index contributed by atoms with van der Waals surface area (Å²) in [5.74, 6) is 2.46. The van der Waals surface area contributed by atoms with Crippen LogP contribution in [0, 0.1) is 23.2 Å². The van der Waals surface area contributed by atoms with E-state index in [1.807, 2.05) is 0 Å². The summed E-state index contributed by atoms with van der Waals surface area (Å²) in [7, 11) is 0. The van der Waals surface area contributed by atoms with Crippen LogP contribution in [0.25, 0.3) is 0 Å². The molecule has 0 N–H and O–H groups in total. The van der Waals surface area contributed by atoms with E-state index in [0.29, 0.717) is 5.41 Å². The molecule has 0 heterocycles. The molecule has 0 aromatic rings. The lowest BCUT2D eigenvalue weighted by Crippen LogP contribution is -2.23. The minimum atomic E-state index is 0.504. The van der Waals surface area contributed by atoms with Crippen molar-refractivity contribution in [1.82, 2.24) is 0 Å². The SMILES string of the molecule is CC(C)C(C)CC(C)(C)C(C)C. The second-order valence-corrected chi connectivity index (χ2v) is 5.57. The molecule has 0 amide bonds. The highest BCUT2D eigenvalue weighted by Gasteiger charge is 2.25. The normalized spacial score (nSPS) is 15.8. The third-order valence-corrected chi connectivity index (χ3v) is 3.55. The average Bonchev–Trinajstić information content (AvgIpc) is 1.85. The Kier molecular flexibility index (Phi) is 4.30. The molecule has 0 aliphatic carbocycles. The van der Waals surface area contributed by atoms with E-state index < -0.39 is 0 Å². The van der Waals surface area contributed by atoms with Gasteiger partial charge in [-0.25, -0.2) is 0 Å². The molecule has 0 aromatic carbocycles. The molecule has 0 radical (unpaired) electrons. The minimum absolute atomic E-state index is 0.504. The first-order chi connectivity index (χ1) is 5.27. The van der Waals surface area contributed by atoms with E-state index in [4.69, 9.17) is 0 Å². The summed E-state index contributed by atoms with van der Waals surface area (Å²) < 4.78 is 0. The van der Waals surface area contributed by atoms with E-state index in [1.54, 1.807) is 0 Å². The second kappa shape index (κ2) is 4.30. The molecule has 0 aliphatic rings. The molecule has 0 spiro atoms. The van der Waals surface area contributed by atoms with Gasteiger partial charge in [0.05, 0.1) is 0 Å². The number of rotatable bonds is 4. The largest absolute Gasteiger partial charge is 0.0625 e. The van der Waals surface area contributed by atoms with Crippen LogP contribution in [0.2, 0.25) is 0 Å². The number of hydrogen-bond donors (Lipinski definition) is 0. The van der Waals surface area contributed by atoms with Gasteiger partial charge in [0, 0.05) is 0 Å². The summed E-state index contributed by atoms with van der Waals surface area (Å²) in [5, 5.41) is 0. The second-order valence-electron chi connectivity index (χ2n) is 5.57. The Balaban J connectivity index is 4.05. The smallest absolute Gasteiger partial charge is 0.0329 e. The first-order valence-electron chi connectivity index (χ1n) is 5.27. The standard InChI is InChI=1S/C12H26/c1-9(2)11(5)8-12(6,7)10(3)4/h9-11H,8H2,1-7H3. The maximum Gasteiger partial charge on any atom is -0.0329 e.